The summed E-state index contributed by atoms with van der Waals surface area (Å²) in [5.74, 6) is -0.319. The molecule has 1 saturated heterocycles. The lowest BCUT2D eigenvalue weighted by Gasteiger charge is -2.27. The van der Waals surface area contributed by atoms with Gasteiger partial charge in [-0.15, -0.1) is 0 Å². The molecule has 1 unspecified atom stereocenters. The van der Waals surface area contributed by atoms with Gasteiger partial charge in [0.1, 0.15) is 12.2 Å². The quantitative estimate of drug-likeness (QED) is 0.518. The number of rotatable bonds is 5. The van der Waals surface area contributed by atoms with Gasteiger partial charge in [0, 0.05) is 12.2 Å². The molecule has 0 radical (unpaired) electrons. The summed E-state index contributed by atoms with van der Waals surface area (Å²) < 4.78 is 10.9. The minimum absolute atomic E-state index is 0.222. The molecular weight excluding hydrogens is 192 g/mol. The first-order chi connectivity index (χ1) is 7.09. The molecule has 3 nitrogen and oxygen atoms in total. The third kappa shape index (κ3) is 3.34. The lowest BCUT2D eigenvalue weighted by atomic mass is 9.95. The van der Waals surface area contributed by atoms with Crippen molar-refractivity contribution in [3.63, 3.8) is 0 Å². The number of esters is 1. The number of hydrogen-bond donors (Lipinski definition) is 0. The summed E-state index contributed by atoms with van der Waals surface area (Å²) in [5, 5.41) is 0. The SMILES string of the molecule is C=C(C)C(=O)OCC1(CCC)CCCO1. The van der Waals surface area contributed by atoms with Crippen LogP contribution in [-0.2, 0) is 14.3 Å². The van der Waals surface area contributed by atoms with Crippen molar-refractivity contribution in [3.05, 3.63) is 12.2 Å². The number of hydrogen-bond acceptors (Lipinski definition) is 3. The summed E-state index contributed by atoms with van der Waals surface area (Å²) in [6.07, 6.45) is 4.05. The molecular formula is C12H20O3. The molecule has 0 aromatic carbocycles. The molecule has 0 saturated carbocycles. The van der Waals surface area contributed by atoms with Crippen LogP contribution in [0.3, 0.4) is 0 Å². The fourth-order valence-electron chi connectivity index (χ4n) is 1.91. The van der Waals surface area contributed by atoms with E-state index in [9.17, 15) is 4.79 Å². The molecule has 1 fully saturated rings. The lowest BCUT2D eigenvalue weighted by Crippen LogP contribution is -2.34. The molecule has 1 aliphatic rings. The van der Waals surface area contributed by atoms with Gasteiger partial charge < -0.3 is 9.47 Å². The van der Waals surface area contributed by atoms with Crippen molar-refractivity contribution in [2.45, 2.75) is 45.1 Å². The second kappa shape index (κ2) is 5.31. The molecule has 86 valence electrons. The van der Waals surface area contributed by atoms with Gasteiger partial charge in [-0.1, -0.05) is 19.9 Å². The van der Waals surface area contributed by atoms with Crippen LogP contribution in [-0.4, -0.2) is 24.8 Å². The van der Waals surface area contributed by atoms with Crippen molar-refractivity contribution in [1.82, 2.24) is 0 Å². The summed E-state index contributed by atoms with van der Waals surface area (Å²) >= 11 is 0. The van der Waals surface area contributed by atoms with E-state index in [1.165, 1.54) is 0 Å². The van der Waals surface area contributed by atoms with Crippen molar-refractivity contribution in [2.24, 2.45) is 0 Å². The fraction of sp³-hybridized carbons (Fsp3) is 0.750. The highest BCUT2D eigenvalue weighted by molar-refractivity contribution is 5.86. The van der Waals surface area contributed by atoms with Crippen LogP contribution in [0.15, 0.2) is 12.2 Å². The van der Waals surface area contributed by atoms with Gasteiger partial charge in [-0.05, 0) is 26.2 Å². The predicted molar refractivity (Wildman–Crippen MR) is 58.6 cm³/mol. The predicted octanol–water partition coefficient (Wildman–Crippen LogP) is 2.46. The van der Waals surface area contributed by atoms with Crippen LogP contribution in [0.4, 0.5) is 0 Å². The highest BCUT2D eigenvalue weighted by Gasteiger charge is 2.35. The van der Waals surface area contributed by atoms with Gasteiger partial charge in [0.25, 0.3) is 0 Å². The van der Waals surface area contributed by atoms with E-state index < -0.39 is 0 Å². The Morgan fingerprint density at radius 2 is 2.33 bits per heavy atom. The third-order valence-electron chi connectivity index (χ3n) is 2.71. The van der Waals surface area contributed by atoms with E-state index in [0.717, 1.165) is 32.3 Å². The molecule has 0 bridgehead atoms. The number of ether oxygens (including phenoxy) is 2. The van der Waals surface area contributed by atoms with Crippen molar-refractivity contribution in [3.8, 4) is 0 Å². The summed E-state index contributed by atoms with van der Waals surface area (Å²) in [6.45, 7) is 8.48. The van der Waals surface area contributed by atoms with Crippen LogP contribution < -0.4 is 0 Å². The number of carbonyl (C=O) groups excluding carboxylic acids is 1. The van der Waals surface area contributed by atoms with Gasteiger partial charge in [0.2, 0.25) is 0 Å². The van der Waals surface area contributed by atoms with E-state index >= 15 is 0 Å². The van der Waals surface area contributed by atoms with E-state index in [0.29, 0.717) is 12.2 Å². The zero-order chi connectivity index (χ0) is 11.3. The molecule has 1 rings (SSSR count). The minimum Gasteiger partial charge on any atom is -0.459 e. The fourth-order valence-corrected chi connectivity index (χ4v) is 1.91. The summed E-state index contributed by atoms with van der Waals surface area (Å²) in [4.78, 5) is 11.3. The smallest absolute Gasteiger partial charge is 0.333 e. The molecule has 1 heterocycles. The maximum atomic E-state index is 11.3. The highest BCUT2D eigenvalue weighted by Crippen LogP contribution is 2.30. The molecule has 0 spiro atoms. The van der Waals surface area contributed by atoms with Gasteiger partial charge in [0.15, 0.2) is 0 Å². The molecule has 0 aromatic rings. The van der Waals surface area contributed by atoms with Gasteiger partial charge >= 0.3 is 5.97 Å². The van der Waals surface area contributed by atoms with E-state index in [-0.39, 0.29) is 11.6 Å². The van der Waals surface area contributed by atoms with Crippen LogP contribution in [0, 0.1) is 0 Å². The zero-order valence-electron chi connectivity index (χ0n) is 9.67. The molecule has 0 aliphatic carbocycles. The van der Waals surface area contributed by atoms with Crippen molar-refractivity contribution in [1.29, 1.82) is 0 Å². The summed E-state index contributed by atoms with van der Waals surface area (Å²) in [6, 6.07) is 0. The first kappa shape index (κ1) is 12.2. The Morgan fingerprint density at radius 3 is 2.80 bits per heavy atom. The molecule has 1 atom stereocenters. The Kier molecular flexibility index (Phi) is 4.33. The third-order valence-corrected chi connectivity index (χ3v) is 2.71. The topological polar surface area (TPSA) is 35.5 Å². The van der Waals surface area contributed by atoms with Crippen LogP contribution in [0.5, 0.6) is 0 Å². The largest absolute Gasteiger partial charge is 0.459 e. The monoisotopic (exact) mass is 212 g/mol. The Bertz CT molecular complexity index is 239. The second-order valence-corrected chi connectivity index (χ2v) is 4.24. The van der Waals surface area contributed by atoms with Crippen molar-refractivity contribution < 1.29 is 14.3 Å². The van der Waals surface area contributed by atoms with E-state index in [4.69, 9.17) is 9.47 Å². The van der Waals surface area contributed by atoms with Gasteiger partial charge in [-0.25, -0.2) is 4.79 Å². The number of carbonyl (C=O) groups is 1. The maximum absolute atomic E-state index is 11.3. The molecule has 0 aromatic heterocycles. The maximum Gasteiger partial charge on any atom is 0.333 e. The Hall–Kier alpha value is -0.830. The Balaban J connectivity index is 2.45. The average molecular weight is 212 g/mol. The van der Waals surface area contributed by atoms with Gasteiger partial charge in [-0.2, -0.15) is 0 Å². The normalized spacial score (nSPS) is 25.2. The van der Waals surface area contributed by atoms with Gasteiger partial charge in [-0.3, -0.25) is 0 Å². The van der Waals surface area contributed by atoms with E-state index in [2.05, 4.69) is 13.5 Å². The van der Waals surface area contributed by atoms with Crippen molar-refractivity contribution in [2.75, 3.05) is 13.2 Å². The molecule has 1 aliphatic heterocycles. The standard InChI is InChI=1S/C12H20O3/c1-4-6-12(7-5-8-15-12)9-14-11(13)10(2)3/h2,4-9H2,1,3H3. The first-order valence-electron chi connectivity index (χ1n) is 5.56. The van der Waals surface area contributed by atoms with Gasteiger partial charge in [0.05, 0.1) is 0 Å². The average Bonchev–Trinajstić information content (AvgIpc) is 2.64. The first-order valence-corrected chi connectivity index (χ1v) is 5.56. The minimum atomic E-state index is -0.319. The lowest BCUT2D eigenvalue weighted by molar-refractivity contribution is -0.148. The molecule has 15 heavy (non-hydrogen) atoms. The highest BCUT2D eigenvalue weighted by atomic mass is 16.6. The van der Waals surface area contributed by atoms with E-state index in [1.54, 1.807) is 6.92 Å². The van der Waals surface area contributed by atoms with Crippen LogP contribution in [0.2, 0.25) is 0 Å². The molecule has 3 heteroatoms. The summed E-state index contributed by atoms with van der Waals surface area (Å²) in [7, 11) is 0. The van der Waals surface area contributed by atoms with Crippen molar-refractivity contribution >= 4 is 5.97 Å². The van der Waals surface area contributed by atoms with Crippen LogP contribution >= 0.6 is 0 Å². The molecule has 0 N–H and O–H groups in total. The van der Waals surface area contributed by atoms with Crippen LogP contribution in [0.1, 0.15) is 39.5 Å². The Labute approximate surface area is 91.4 Å². The second-order valence-electron chi connectivity index (χ2n) is 4.24. The Morgan fingerprint density at radius 1 is 1.60 bits per heavy atom. The van der Waals surface area contributed by atoms with E-state index in [1.807, 2.05) is 0 Å². The summed E-state index contributed by atoms with van der Waals surface area (Å²) in [5.41, 5.74) is 0.222. The van der Waals surface area contributed by atoms with Crippen LogP contribution in [0.25, 0.3) is 0 Å². The zero-order valence-corrected chi connectivity index (χ0v) is 9.67. The molecule has 0 amide bonds.